The Bertz CT molecular complexity index is 2590. The SMILES string of the molecule is CCc1cc(NC(=O)N[C@H](C)CCN2CCC[C@@H](Cc3ccc(F)cc3)C2)cc(-c2nnnn2C)c1.C[C@H](CCN1CCC[C@@H](Cc2ccc(F)cc2)C1)NC(=O)Nc1cc(N=CC=NN)cc(N/C=C\N)c1.N. The molecule has 1 aromatic heterocycles. The smallest absolute Gasteiger partial charge is 0.319 e. The topological polar surface area (TPSA) is 256 Å². The van der Waals surface area contributed by atoms with Crippen molar-refractivity contribution in [1.82, 2.24) is 46.8 Å². The summed E-state index contributed by atoms with van der Waals surface area (Å²) in [5.74, 6) is 6.53. The van der Waals surface area contributed by atoms with Crippen LogP contribution in [0.4, 0.5) is 41.1 Å². The molecule has 398 valence electrons. The molecule has 74 heavy (non-hydrogen) atoms. The Hall–Kier alpha value is -7.29. The number of hydrazone groups is 1. The van der Waals surface area contributed by atoms with Crippen LogP contribution in [0.15, 0.2) is 107 Å². The van der Waals surface area contributed by atoms with Crippen molar-refractivity contribution in [3.63, 3.8) is 0 Å². The van der Waals surface area contributed by atoms with E-state index in [0.717, 1.165) is 94.6 Å². The zero-order valence-corrected chi connectivity index (χ0v) is 43.3. The maximum Gasteiger partial charge on any atom is 0.319 e. The van der Waals surface area contributed by atoms with E-state index in [1.54, 1.807) is 48.3 Å². The van der Waals surface area contributed by atoms with Crippen LogP contribution in [-0.4, -0.2) is 106 Å². The number of hydrogen-bond donors (Lipinski definition) is 8. The second-order valence-electron chi connectivity index (χ2n) is 19.1. The van der Waals surface area contributed by atoms with Crippen molar-refractivity contribution in [2.24, 2.45) is 40.6 Å². The second kappa shape index (κ2) is 30.0. The molecule has 12 N–H and O–H groups in total. The summed E-state index contributed by atoms with van der Waals surface area (Å²) in [5.41, 5.74) is 12.4. The molecule has 3 heterocycles. The Balaban J connectivity index is 0.000000270. The van der Waals surface area contributed by atoms with E-state index in [9.17, 15) is 18.4 Å². The highest BCUT2D eigenvalue weighted by Crippen LogP contribution is 2.27. The standard InChI is InChI=1S/C27H37FN8O.C27H36FN7O.H3N/c1-20(8-14-36-13-2-3-22(19-36)15-21-4-6-23(28)7-5-21)34-27(37)35-26-17-24(31-10-9-29)16-25(18-26)32-11-12-33-30;1-4-20-15-23(26-31-32-33-34(26)3)17-25(16-20)30-27(36)29-19(2)11-13-35-12-5-6-22(18-35)14-21-7-9-24(28)10-8-21;/h4-7,9-12,16-18,20,22,31H,2-3,8,13-15,19,29-30H2,1H3,(H2,34,35,37);7-10,15-17,19,22H,4-6,11-14,18H2,1-3H3,(H2,29,30,36);1H3/b10-9-,32-11?,33-12?;;/t20-,22+;19-,22+;/m11./s1. The lowest BCUT2D eigenvalue weighted by molar-refractivity contribution is 0.168. The van der Waals surface area contributed by atoms with Crippen molar-refractivity contribution in [3.05, 3.63) is 126 Å². The molecule has 0 radical (unpaired) electrons. The Morgan fingerprint density at radius 1 is 0.757 bits per heavy atom. The number of nitrogens with zero attached hydrogens (tertiary/aromatic N) is 8. The molecule has 0 aliphatic carbocycles. The van der Waals surface area contributed by atoms with Gasteiger partial charge in [-0.3, -0.25) is 4.99 Å². The largest absolute Gasteiger partial charge is 0.403 e. The maximum atomic E-state index is 13.2. The van der Waals surface area contributed by atoms with Gasteiger partial charge in [-0.25, -0.2) is 23.1 Å². The molecule has 2 aliphatic heterocycles. The fourth-order valence-corrected chi connectivity index (χ4v) is 9.34. The van der Waals surface area contributed by atoms with Crippen molar-refractivity contribution >= 4 is 47.2 Å². The number of carbonyl (C=O) groups excluding carboxylic acids is 2. The van der Waals surface area contributed by atoms with Gasteiger partial charge >= 0.3 is 12.1 Å². The first kappa shape index (κ1) is 57.6. The van der Waals surface area contributed by atoms with E-state index in [-0.39, 0.29) is 41.9 Å². The van der Waals surface area contributed by atoms with Crippen LogP contribution < -0.4 is 44.3 Å². The molecule has 2 saturated heterocycles. The number of nitrogens with two attached hydrogens (primary N) is 2. The van der Waals surface area contributed by atoms with Crippen molar-refractivity contribution in [3.8, 4) is 11.4 Å². The monoisotopic (exact) mass is 1020 g/mol. The van der Waals surface area contributed by atoms with Gasteiger partial charge in [0.25, 0.3) is 0 Å². The van der Waals surface area contributed by atoms with Gasteiger partial charge in [-0.1, -0.05) is 31.2 Å². The van der Waals surface area contributed by atoms with Gasteiger partial charge in [0.05, 0.1) is 11.9 Å². The number of nitrogens with one attached hydrogen (secondary N) is 5. The number of carbonyl (C=O) groups is 2. The summed E-state index contributed by atoms with van der Waals surface area (Å²) < 4.78 is 28.0. The number of hydrogen-bond acceptors (Lipinski definition) is 13. The third-order valence-electron chi connectivity index (χ3n) is 13.0. The molecule has 2 aliphatic rings. The summed E-state index contributed by atoms with van der Waals surface area (Å²) >= 11 is 0. The molecule has 18 nitrogen and oxygen atoms in total. The minimum absolute atomic E-state index is 0. The van der Waals surface area contributed by atoms with Crippen LogP contribution in [0.25, 0.3) is 11.4 Å². The average molecular weight is 1020 g/mol. The molecule has 0 bridgehead atoms. The van der Waals surface area contributed by atoms with E-state index < -0.39 is 0 Å². The molecular weight excluding hydrogens is 943 g/mol. The summed E-state index contributed by atoms with van der Waals surface area (Å²) in [6.45, 7) is 12.2. The molecule has 4 amide bonds. The van der Waals surface area contributed by atoms with E-state index in [4.69, 9.17) is 11.6 Å². The summed E-state index contributed by atoms with van der Waals surface area (Å²) in [6.07, 6.45) is 15.0. The Morgan fingerprint density at radius 3 is 1.80 bits per heavy atom. The van der Waals surface area contributed by atoms with Crippen molar-refractivity contribution in [2.75, 3.05) is 55.2 Å². The number of halogens is 2. The van der Waals surface area contributed by atoms with Crippen LogP contribution >= 0.6 is 0 Å². The number of anilines is 3. The molecule has 2 fully saturated rings. The Labute approximate surface area is 434 Å². The lowest BCUT2D eigenvalue weighted by Crippen LogP contribution is -2.41. The average Bonchev–Trinajstić information content (AvgIpc) is 3.81. The van der Waals surface area contributed by atoms with Gasteiger partial charge in [-0.15, -0.1) is 5.10 Å². The molecular formula is C54H76F2N16O2. The van der Waals surface area contributed by atoms with E-state index in [2.05, 4.69) is 68.9 Å². The molecule has 4 atom stereocenters. The number of piperidine rings is 2. The van der Waals surface area contributed by atoms with Gasteiger partial charge in [0, 0.05) is 86.6 Å². The molecule has 0 spiro atoms. The number of benzene rings is 4. The van der Waals surface area contributed by atoms with Gasteiger partial charge in [0.2, 0.25) is 0 Å². The number of aliphatic imine (C=N–C) groups is 1. The van der Waals surface area contributed by atoms with E-state index in [0.29, 0.717) is 34.7 Å². The molecule has 5 aromatic rings. The van der Waals surface area contributed by atoms with Gasteiger partial charge in [-0.05, 0) is 184 Å². The van der Waals surface area contributed by atoms with Crippen molar-refractivity contribution < 1.29 is 18.4 Å². The quantitative estimate of drug-likeness (QED) is 0.0208. The van der Waals surface area contributed by atoms with Crippen LogP contribution in [0.5, 0.6) is 0 Å². The number of rotatable bonds is 20. The third-order valence-corrected chi connectivity index (χ3v) is 13.0. The molecule has 20 heteroatoms. The first-order chi connectivity index (χ1) is 35.3. The van der Waals surface area contributed by atoms with Gasteiger partial charge in [-0.2, -0.15) is 5.10 Å². The lowest BCUT2D eigenvalue weighted by Gasteiger charge is -2.33. The van der Waals surface area contributed by atoms with Crippen LogP contribution in [-0.2, 0) is 26.3 Å². The van der Waals surface area contributed by atoms with Gasteiger partial charge in [0.1, 0.15) is 11.6 Å². The lowest BCUT2D eigenvalue weighted by atomic mass is 9.91. The highest BCUT2D eigenvalue weighted by molar-refractivity contribution is 6.16. The highest BCUT2D eigenvalue weighted by atomic mass is 19.1. The zero-order chi connectivity index (χ0) is 52.0. The summed E-state index contributed by atoms with van der Waals surface area (Å²) in [5, 5.41) is 30.1. The van der Waals surface area contributed by atoms with Crippen LogP contribution in [0.2, 0.25) is 0 Å². The fourth-order valence-electron chi connectivity index (χ4n) is 9.34. The third kappa shape index (κ3) is 19.6. The van der Waals surface area contributed by atoms with Gasteiger partial charge in [0.15, 0.2) is 5.82 Å². The fraction of sp³-hybridized carbons (Fsp3) is 0.426. The summed E-state index contributed by atoms with van der Waals surface area (Å²) in [6, 6.07) is 24.5. The Morgan fingerprint density at radius 2 is 1.30 bits per heavy atom. The maximum absolute atomic E-state index is 13.2. The normalized spacial score (nSPS) is 17.0. The zero-order valence-electron chi connectivity index (χ0n) is 43.3. The van der Waals surface area contributed by atoms with E-state index in [1.165, 1.54) is 61.2 Å². The first-order valence-corrected chi connectivity index (χ1v) is 25.3. The number of aryl methyl sites for hydroxylation is 2. The second-order valence-corrected chi connectivity index (χ2v) is 19.1. The molecule has 0 saturated carbocycles. The molecule has 4 aromatic carbocycles. The predicted molar refractivity (Wildman–Crippen MR) is 294 cm³/mol. The van der Waals surface area contributed by atoms with Crippen LogP contribution in [0, 0.1) is 23.5 Å². The van der Waals surface area contributed by atoms with E-state index in [1.807, 2.05) is 56.3 Å². The van der Waals surface area contributed by atoms with Crippen LogP contribution in [0.3, 0.4) is 0 Å². The predicted octanol–water partition coefficient (Wildman–Crippen LogP) is 8.76. The molecule has 7 rings (SSSR count). The molecule has 0 unspecified atom stereocenters. The van der Waals surface area contributed by atoms with E-state index >= 15 is 0 Å². The Kier molecular flexibility index (Phi) is 23.4. The van der Waals surface area contributed by atoms with Gasteiger partial charge < -0.3 is 54.1 Å². The summed E-state index contributed by atoms with van der Waals surface area (Å²) in [7, 11) is 1.79. The van der Waals surface area contributed by atoms with Crippen LogP contribution in [0.1, 0.15) is 76.0 Å². The minimum Gasteiger partial charge on any atom is -0.403 e. The number of amides is 4. The van der Waals surface area contributed by atoms with Crippen molar-refractivity contribution in [1.29, 1.82) is 0 Å². The number of aromatic nitrogens is 4. The number of likely N-dealkylation sites (tertiary alicyclic amines) is 2. The number of urea groups is 2. The summed E-state index contributed by atoms with van der Waals surface area (Å²) in [4.78, 5) is 34.6. The van der Waals surface area contributed by atoms with Crippen molar-refractivity contribution in [2.45, 2.75) is 90.6 Å². The minimum atomic E-state index is -0.287. The first-order valence-electron chi connectivity index (χ1n) is 25.3. The highest BCUT2D eigenvalue weighted by Gasteiger charge is 2.23. The number of tetrazole rings is 1.